The minimum Gasteiger partial charge on any atom is -0.342 e. The molecule has 2 atom stereocenters. The molecule has 0 radical (unpaired) electrons. The number of carbonyl (C=O) groups excluding carboxylic acids is 2. The van der Waals surface area contributed by atoms with Gasteiger partial charge in [-0.1, -0.05) is 32.9 Å². The molecule has 116 valence electrons. The van der Waals surface area contributed by atoms with Crippen molar-refractivity contribution in [3.05, 3.63) is 12.2 Å². The van der Waals surface area contributed by atoms with E-state index in [4.69, 9.17) is 4.52 Å². The Morgan fingerprint density at radius 1 is 1.38 bits per heavy atom. The minimum atomic E-state index is -0.504. The number of carbonyl (C=O) groups is 2. The first-order valence-corrected chi connectivity index (χ1v) is 7.21. The van der Waals surface area contributed by atoms with E-state index in [-0.39, 0.29) is 17.2 Å². The molecule has 7 nitrogen and oxygen atoms in total. The topological polar surface area (TPSA) is 88.3 Å². The third kappa shape index (κ3) is 3.22. The Bertz CT molecular complexity index is 507. The highest BCUT2D eigenvalue weighted by Gasteiger charge is 2.44. The molecular formula is C14H22N4O3. The fraction of sp³-hybridized carbons (Fsp3) is 0.714. The summed E-state index contributed by atoms with van der Waals surface area (Å²) in [5, 5.41) is 6.39. The highest BCUT2D eigenvalue weighted by atomic mass is 16.5. The molecule has 2 amide bonds. The van der Waals surface area contributed by atoms with E-state index in [1.54, 1.807) is 4.90 Å². The lowest BCUT2D eigenvalue weighted by Crippen LogP contribution is -2.66. The van der Waals surface area contributed by atoms with Crippen molar-refractivity contribution in [3.63, 3.8) is 0 Å². The molecule has 1 N–H and O–H groups in total. The second kappa shape index (κ2) is 5.83. The molecular weight excluding hydrogens is 272 g/mol. The molecule has 1 fully saturated rings. The minimum absolute atomic E-state index is 0.0477. The first-order chi connectivity index (χ1) is 9.84. The first kappa shape index (κ1) is 15.5. The lowest BCUT2D eigenvalue weighted by atomic mass is 9.83. The number of hydrogen-bond acceptors (Lipinski definition) is 5. The monoisotopic (exact) mass is 294 g/mol. The molecule has 0 saturated carbocycles. The molecule has 1 aliphatic rings. The number of hydrogen-bond donors (Lipinski definition) is 1. The van der Waals surface area contributed by atoms with Crippen LogP contribution < -0.4 is 5.32 Å². The Morgan fingerprint density at radius 3 is 2.62 bits per heavy atom. The molecule has 1 aromatic rings. The number of piperazine rings is 1. The fourth-order valence-corrected chi connectivity index (χ4v) is 2.54. The lowest BCUT2D eigenvalue weighted by molar-refractivity contribution is -0.152. The Morgan fingerprint density at radius 2 is 2.10 bits per heavy atom. The van der Waals surface area contributed by atoms with Crippen molar-refractivity contribution in [2.24, 2.45) is 5.41 Å². The summed E-state index contributed by atoms with van der Waals surface area (Å²) >= 11 is 0. The summed E-state index contributed by atoms with van der Waals surface area (Å²) in [5.41, 5.74) is -0.325. The quantitative estimate of drug-likeness (QED) is 0.886. The van der Waals surface area contributed by atoms with Crippen molar-refractivity contribution >= 4 is 11.8 Å². The van der Waals surface area contributed by atoms with Gasteiger partial charge in [0.05, 0.1) is 0 Å². The summed E-state index contributed by atoms with van der Waals surface area (Å²) in [4.78, 5) is 30.5. The maximum Gasteiger partial charge on any atom is 0.246 e. The Kier molecular flexibility index (Phi) is 4.29. The predicted molar refractivity (Wildman–Crippen MR) is 75.2 cm³/mol. The molecule has 2 rings (SSSR count). The molecule has 21 heavy (non-hydrogen) atoms. The van der Waals surface area contributed by atoms with E-state index in [0.29, 0.717) is 25.3 Å². The van der Waals surface area contributed by atoms with Gasteiger partial charge >= 0.3 is 0 Å². The van der Waals surface area contributed by atoms with Crippen LogP contribution in [0, 0.1) is 5.41 Å². The van der Waals surface area contributed by atoms with Crippen molar-refractivity contribution in [1.82, 2.24) is 20.4 Å². The van der Waals surface area contributed by atoms with Gasteiger partial charge in [0, 0.05) is 13.0 Å². The third-order valence-corrected chi connectivity index (χ3v) is 3.72. The molecule has 1 saturated heterocycles. The normalized spacial score (nSPS) is 23.3. The van der Waals surface area contributed by atoms with Gasteiger partial charge in [-0.3, -0.25) is 9.59 Å². The van der Waals surface area contributed by atoms with Crippen molar-refractivity contribution in [2.45, 2.75) is 52.6 Å². The molecule has 0 aliphatic carbocycles. The van der Waals surface area contributed by atoms with Crippen LogP contribution in [-0.2, 0) is 16.0 Å². The van der Waals surface area contributed by atoms with Gasteiger partial charge in [-0.15, -0.1) is 0 Å². The second-order valence-electron chi connectivity index (χ2n) is 6.35. The highest BCUT2D eigenvalue weighted by Crippen LogP contribution is 2.26. The van der Waals surface area contributed by atoms with E-state index < -0.39 is 12.1 Å². The summed E-state index contributed by atoms with van der Waals surface area (Å²) in [6.45, 7) is 8.13. The van der Waals surface area contributed by atoms with E-state index in [0.717, 1.165) is 0 Å². The first-order valence-electron chi connectivity index (χ1n) is 7.21. The third-order valence-electron chi connectivity index (χ3n) is 3.72. The molecule has 0 bridgehead atoms. The van der Waals surface area contributed by atoms with Gasteiger partial charge in [-0.05, 0) is 11.8 Å². The number of aromatic nitrogens is 2. The van der Waals surface area contributed by atoms with Gasteiger partial charge in [0.15, 0.2) is 6.33 Å². The van der Waals surface area contributed by atoms with E-state index in [1.165, 1.54) is 6.33 Å². The van der Waals surface area contributed by atoms with Crippen LogP contribution in [0.5, 0.6) is 0 Å². The summed E-state index contributed by atoms with van der Waals surface area (Å²) in [6, 6.07) is -0.936. The average molecular weight is 294 g/mol. The number of nitrogens with zero attached hydrogens (tertiary/aromatic N) is 3. The molecule has 1 aliphatic heterocycles. The van der Waals surface area contributed by atoms with Crippen LogP contribution in [0.1, 0.15) is 40.0 Å². The van der Waals surface area contributed by atoms with Gasteiger partial charge < -0.3 is 14.7 Å². The highest BCUT2D eigenvalue weighted by molar-refractivity contribution is 5.97. The molecule has 0 aromatic carbocycles. The smallest absolute Gasteiger partial charge is 0.246 e. The Hall–Kier alpha value is -1.92. The number of rotatable bonds is 4. The zero-order chi connectivity index (χ0) is 15.6. The molecule has 2 unspecified atom stereocenters. The molecule has 7 heteroatoms. The average Bonchev–Trinajstić information content (AvgIpc) is 2.91. The van der Waals surface area contributed by atoms with Crippen LogP contribution in [0.25, 0.3) is 0 Å². The SMILES string of the molecule is CCC1C(=O)NC(C(C)(C)C)C(=O)N1CCc1ncno1. The van der Waals surface area contributed by atoms with E-state index in [1.807, 2.05) is 27.7 Å². The maximum atomic E-state index is 12.7. The van der Waals surface area contributed by atoms with Crippen molar-refractivity contribution in [1.29, 1.82) is 0 Å². The van der Waals surface area contributed by atoms with Crippen molar-refractivity contribution < 1.29 is 14.1 Å². The summed E-state index contributed by atoms with van der Waals surface area (Å²) in [5.74, 6) is 0.326. The number of nitrogens with one attached hydrogen (secondary N) is 1. The second-order valence-corrected chi connectivity index (χ2v) is 6.35. The maximum absolute atomic E-state index is 12.7. The zero-order valence-electron chi connectivity index (χ0n) is 12.9. The van der Waals surface area contributed by atoms with Crippen LogP contribution in [0.4, 0.5) is 0 Å². The van der Waals surface area contributed by atoms with E-state index in [9.17, 15) is 9.59 Å². The van der Waals surface area contributed by atoms with Gasteiger partial charge in [-0.25, -0.2) is 0 Å². The molecule has 0 spiro atoms. The van der Waals surface area contributed by atoms with Crippen LogP contribution in [0.2, 0.25) is 0 Å². The van der Waals surface area contributed by atoms with Crippen molar-refractivity contribution in [3.8, 4) is 0 Å². The van der Waals surface area contributed by atoms with Crippen LogP contribution in [-0.4, -0.2) is 45.5 Å². The summed E-state index contributed by atoms with van der Waals surface area (Å²) < 4.78 is 4.95. The molecule has 1 aromatic heterocycles. The molecule has 2 heterocycles. The van der Waals surface area contributed by atoms with Gasteiger partial charge in [0.25, 0.3) is 0 Å². The zero-order valence-corrected chi connectivity index (χ0v) is 12.9. The van der Waals surface area contributed by atoms with Crippen LogP contribution in [0.3, 0.4) is 0 Å². The summed E-state index contributed by atoms with van der Waals surface area (Å²) in [7, 11) is 0. The lowest BCUT2D eigenvalue weighted by Gasteiger charge is -2.43. The standard InChI is InChI=1S/C14H22N4O3/c1-5-9-12(19)17-11(14(2,3)4)13(20)18(9)7-6-10-15-8-16-21-10/h8-9,11H,5-7H2,1-4H3,(H,17,19). The Balaban J connectivity index is 2.16. The fourth-order valence-electron chi connectivity index (χ4n) is 2.54. The van der Waals surface area contributed by atoms with E-state index >= 15 is 0 Å². The van der Waals surface area contributed by atoms with Crippen molar-refractivity contribution in [2.75, 3.05) is 6.54 Å². The van der Waals surface area contributed by atoms with Gasteiger partial charge in [0.1, 0.15) is 12.1 Å². The van der Waals surface area contributed by atoms with E-state index in [2.05, 4.69) is 15.5 Å². The van der Waals surface area contributed by atoms with Crippen LogP contribution >= 0.6 is 0 Å². The van der Waals surface area contributed by atoms with Crippen LogP contribution in [0.15, 0.2) is 10.9 Å². The predicted octanol–water partition coefficient (Wildman–Crippen LogP) is 0.764. The number of amides is 2. The van der Waals surface area contributed by atoms with Gasteiger partial charge in [-0.2, -0.15) is 4.98 Å². The Labute approximate surface area is 124 Å². The largest absolute Gasteiger partial charge is 0.342 e. The summed E-state index contributed by atoms with van der Waals surface area (Å²) in [6.07, 6.45) is 2.36. The van der Waals surface area contributed by atoms with Gasteiger partial charge in [0.2, 0.25) is 17.7 Å².